The molecule has 2 aromatic rings. The van der Waals surface area contributed by atoms with Crippen molar-refractivity contribution in [2.75, 3.05) is 5.32 Å². The summed E-state index contributed by atoms with van der Waals surface area (Å²) in [7, 11) is -0.969. The lowest BCUT2D eigenvalue weighted by Gasteiger charge is -2.28. The number of benzene rings is 2. The van der Waals surface area contributed by atoms with Gasteiger partial charge in [0.05, 0.1) is 0 Å². The molecule has 2 bridgehead atoms. The molecule has 2 saturated heterocycles. The highest BCUT2D eigenvalue weighted by Gasteiger charge is 2.34. The summed E-state index contributed by atoms with van der Waals surface area (Å²) in [4.78, 5) is 12.5. The number of fused-ring (bicyclic) bond motifs is 2. The zero-order valence-corrected chi connectivity index (χ0v) is 18.1. The van der Waals surface area contributed by atoms with Crippen LogP contribution >= 0.6 is 12.4 Å². The fourth-order valence-electron chi connectivity index (χ4n) is 4.55. The highest BCUT2D eigenvalue weighted by Crippen LogP contribution is 2.32. The van der Waals surface area contributed by atoms with Crippen LogP contribution in [0.4, 0.5) is 5.69 Å². The van der Waals surface area contributed by atoms with Crippen molar-refractivity contribution in [3.8, 4) is 0 Å². The molecule has 6 heteroatoms. The molecule has 2 aliphatic heterocycles. The number of piperidine rings is 1. The fraction of sp³-hybridized carbons (Fsp3) is 0.435. The number of halogens is 1. The average molecular weight is 433 g/mol. The Labute approximate surface area is 181 Å². The third-order valence-electron chi connectivity index (χ3n) is 5.75. The van der Waals surface area contributed by atoms with Gasteiger partial charge < -0.3 is 10.6 Å². The SMILES string of the molecule is Cl.O=C(CC1CC2CCC(C1)N2)Nc1cccc(CS(=O)Cc2ccccc2)c1. The Morgan fingerprint density at radius 1 is 0.966 bits per heavy atom. The summed E-state index contributed by atoms with van der Waals surface area (Å²) in [5, 5.41) is 6.67. The van der Waals surface area contributed by atoms with Crippen molar-refractivity contribution in [2.45, 2.75) is 55.7 Å². The molecule has 3 unspecified atom stereocenters. The number of carbonyl (C=O) groups excluding carboxylic acids is 1. The molecule has 2 aromatic carbocycles. The van der Waals surface area contributed by atoms with Crippen molar-refractivity contribution in [1.29, 1.82) is 0 Å². The van der Waals surface area contributed by atoms with E-state index in [1.807, 2.05) is 54.6 Å². The van der Waals surface area contributed by atoms with Crippen LogP contribution in [-0.2, 0) is 27.1 Å². The monoisotopic (exact) mass is 432 g/mol. The van der Waals surface area contributed by atoms with Gasteiger partial charge in [0.2, 0.25) is 5.91 Å². The molecule has 4 rings (SSSR count). The van der Waals surface area contributed by atoms with Crippen LogP contribution in [0.25, 0.3) is 0 Å². The first-order chi connectivity index (χ1) is 13.6. The summed E-state index contributed by atoms with van der Waals surface area (Å²) in [5.74, 6) is 1.63. The van der Waals surface area contributed by atoms with Crippen LogP contribution in [0.2, 0.25) is 0 Å². The van der Waals surface area contributed by atoms with Crippen LogP contribution in [-0.4, -0.2) is 22.2 Å². The van der Waals surface area contributed by atoms with Gasteiger partial charge in [0.1, 0.15) is 0 Å². The molecule has 2 fully saturated rings. The van der Waals surface area contributed by atoms with E-state index in [0.717, 1.165) is 29.7 Å². The summed E-state index contributed by atoms with van der Waals surface area (Å²) in [5.41, 5.74) is 2.88. The minimum atomic E-state index is -0.969. The molecule has 0 aliphatic carbocycles. The molecule has 4 nitrogen and oxygen atoms in total. The molecule has 0 radical (unpaired) electrons. The number of amides is 1. The highest BCUT2D eigenvalue weighted by atomic mass is 35.5. The maximum atomic E-state index is 12.5. The van der Waals surface area contributed by atoms with Gasteiger partial charge in [-0.2, -0.15) is 0 Å². The quantitative estimate of drug-likeness (QED) is 0.681. The molecule has 0 aromatic heterocycles. The normalized spacial score (nSPS) is 23.8. The lowest BCUT2D eigenvalue weighted by Crippen LogP contribution is -2.39. The summed E-state index contributed by atoms with van der Waals surface area (Å²) in [6.45, 7) is 0. The van der Waals surface area contributed by atoms with Crippen molar-refractivity contribution in [3.05, 3.63) is 65.7 Å². The molecule has 0 spiro atoms. The first-order valence-corrected chi connectivity index (χ1v) is 11.7. The maximum Gasteiger partial charge on any atom is 0.224 e. The molecule has 2 aliphatic rings. The Morgan fingerprint density at radius 3 is 2.34 bits per heavy atom. The van der Waals surface area contributed by atoms with Gasteiger partial charge in [-0.25, -0.2) is 0 Å². The predicted octanol–water partition coefficient (Wildman–Crippen LogP) is 4.42. The van der Waals surface area contributed by atoms with Gasteiger partial charge in [0.15, 0.2) is 0 Å². The van der Waals surface area contributed by atoms with Gasteiger partial charge in [-0.3, -0.25) is 9.00 Å². The van der Waals surface area contributed by atoms with Crippen molar-refractivity contribution in [2.24, 2.45) is 5.92 Å². The minimum absolute atomic E-state index is 0. The Balaban J connectivity index is 0.00000240. The zero-order valence-electron chi connectivity index (χ0n) is 16.5. The topological polar surface area (TPSA) is 58.2 Å². The van der Waals surface area contributed by atoms with Crippen molar-refractivity contribution in [3.63, 3.8) is 0 Å². The van der Waals surface area contributed by atoms with Crippen LogP contribution < -0.4 is 10.6 Å². The van der Waals surface area contributed by atoms with E-state index in [2.05, 4.69) is 10.6 Å². The highest BCUT2D eigenvalue weighted by molar-refractivity contribution is 7.83. The first kappa shape index (κ1) is 22.0. The lowest BCUT2D eigenvalue weighted by molar-refractivity contribution is -0.117. The van der Waals surface area contributed by atoms with Gasteiger partial charge in [0.25, 0.3) is 0 Å². The second-order valence-corrected chi connectivity index (χ2v) is 9.60. The zero-order chi connectivity index (χ0) is 19.3. The van der Waals surface area contributed by atoms with E-state index < -0.39 is 10.8 Å². The summed E-state index contributed by atoms with van der Waals surface area (Å²) in [6.07, 6.45) is 5.33. The molecule has 2 N–H and O–H groups in total. The second-order valence-electron chi connectivity index (χ2n) is 8.14. The van der Waals surface area contributed by atoms with Gasteiger partial charge >= 0.3 is 0 Å². The average Bonchev–Trinajstić information content (AvgIpc) is 3.01. The van der Waals surface area contributed by atoms with Crippen LogP contribution in [0, 0.1) is 5.92 Å². The van der Waals surface area contributed by atoms with Crippen LogP contribution in [0.1, 0.15) is 43.2 Å². The van der Waals surface area contributed by atoms with Gasteiger partial charge in [0, 0.05) is 46.5 Å². The lowest BCUT2D eigenvalue weighted by atomic mass is 9.89. The number of hydrogen-bond acceptors (Lipinski definition) is 3. The third kappa shape index (κ3) is 6.39. The predicted molar refractivity (Wildman–Crippen MR) is 122 cm³/mol. The number of hydrogen-bond donors (Lipinski definition) is 2. The number of carbonyl (C=O) groups is 1. The molecule has 156 valence electrons. The van der Waals surface area contributed by atoms with E-state index in [1.165, 1.54) is 12.8 Å². The molecule has 3 atom stereocenters. The van der Waals surface area contributed by atoms with Crippen LogP contribution in [0.3, 0.4) is 0 Å². The van der Waals surface area contributed by atoms with Crippen molar-refractivity contribution < 1.29 is 9.00 Å². The van der Waals surface area contributed by atoms with E-state index in [1.54, 1.807) is 0 Å². The molecule has 1 amide bonds. The number of nitrogens with one attached hydrogen (secondary N) is 2. The fourth-order valence-corrected chi connectivity index (χ4v) is 5.77. The van der Waals surface area contributed by atoms with Gasteiger partial charge in [-0.15, -0.1) is 12.4 Å². The molecular formula is C23H29ClN2O2S. The Hall–Kier alpha value is -1.69. The Kier molecular flexibility index (Phi) is 7.87. The van der Waals surface area contributed by atoms with Crippen molar-refractivity contribution >= 4 is 34.8 Å². The summed E-state index contributed by atoms with van der Waals surface area (Å²) >= 11 is 0. The molecule has 0 saturated carbocycles. The van der Waals surface area contributed by atoms with Crippen LogP contribution in [0.15, 0.2) is 54.6 Å². The van der Waals surface area contributed by atoms with E-state index in [4.69, 9.17) is 0 Å². The third-order valence-corrected chi connectivity index (χ3v) is 7.06. The van der Waals surface area contributed by atoms with E-state index in [-0.39, 0.29) is 18.3 Å². The maximum absolute atomic E-state index is 12.5. The molecule has 29 heavy (non-hydrogen) atoms. The molecular weight excluding hydrogens is 404 g/mol. The number of anilines is 1. The van der Waals surface area contributed by atoms with Crippen molar-refractivity contribution in [1.82, 2.24) is 5.32 Å². The largest absolute Gasteiger partial charge is 0.326 e. The van der Waals surface area contributed by atoms with Gasteiger partial charge in [-0.1, -0.05) is 42.5 Å². The Bertz CT molecular complexity index is 834. The Morgan fingerprint density at radius 2 is 1.62 bits per heavy atom. The van der Waals surface area contributed by atoms with Crippen LogP contribution in [0.5, 0.6) is 0 Å². The van der Waals surface area contributed by atoms with E-state index in [0.29, 0.717) is 35.9 Å². The van der Waals surface area contributed by atoms with Gasteiger partial charge in [-0.05, 0) is 54.9 Å². The van der Waals surface area contributed by atoms with E-state index in [9.17, 15) is 9.00 Å². The number of rotatable bonds is 7. The standard InChI is InChI=1S/C23H28N2O2S.ClH/c26-23(14-19-12-21-9-10-22(13-19)24-21)25-20-8-4-7-18(11-20)16-28(27)15-17-5-2-1-3-6-17;/h1-8,11,19,21-22,24H,9-10,12-16H2,(H,25,26);1H. The smallest absolute Gasteiger partial charge is 0.224 e. The first-order valence-electron chi connectivity index (χ1n) is 10.2. The molecule has 2 heterocycles. The minimum Gasteiger partial charge on any atom is -0.326 e. The summed E-state index contributed by atoms with van der Waals surface area (Å²) < 4.78 is 12.5. The summed E-state index contributed by atoms with van der Waals surface area (Å²) in [6, 6.07) is 18.9. The van der Waals surface area contributed by atoms with E-state index >= 15 is 0 Å². The second kappa shape index (κ2) is 10.4.